The molecule has 0 fully saturated rings. The molecule has 0 saturated heterocycles. The molecule has 0 bridgehead atoms. The smallest absolute Gasteiger partial charge is 0.252 e. The van der Waals surface area contributed by atoms with Gasteiger partial charge in [-0.1, -0.05) is 23.7 Å². The topological polar surface area (TPSA) is 60.3 Å². The molecule has 1 atom stereocenters. The second kappa shape index (κ2) is 8.66. The van der Waals surface area contributed by atoms with E-state index in [-0.39, 0.29) is 17.5 Å². The average Bonchev–Trinajstić information content (AvgIpc) is 2.53. The van der Waals surface area contributed by atoms with Gasteiger partial charge in [0.2, 0.25) is 0 Å². The Bertz CT molecular complexity index is 758. The molecular formula is C18H21ClN2O3. The molecule has 2 rings (SSSR count). The minimum atomic E-state index is -0.212. The zero-order valence-electron chi connectivity index (χ0n) is 13.8. The molecule has 1 amide bonds. The number of hydrogen-bond acceptors (Lipinski definition) is 3. The molecule has 6 heteroatoms. The first-order chi connectivity index (χ1) is 11.5. The van der Waals surface area contributed by atoms with Crippen LogP contribution in [0.4, 0.5) is 0 Å². The predicted molar refractivity (Wildman–Crippen MR) is 94.7 cm³/mol. The Kier molecular flexibility index (Phi) is 6.58. The molecule has 1 heterocycles. The highest BCUT2D eigenvalue weighted by atomic mass is 35.5. The van der Waals surface area contributed by atoms with Crippen molar-refractivity contribution in [1.82, 2.24) is 9.88 Å². The quantitative estimate of drug-likeness (QED) is 0.836. The average molecular weight is 349 g/mol. The van der Waals surface area contributed by atoms with Crippen LogP contribution in [0, 0.1) is 0 Å². The maximum Gasteiger partial charge on any atom is 0.252 e. The molecule has 1 aromatic carbocycles. The van der Waals surface area contributed by atoms with Gasteiger partial charge < -0.3 is 14.6 Å². The van der Waals surface area contributed by atoms with Crippen LogP contribution in [0.25, 0.3) is 0 Å². The Hall–Kier alpha value is -2.11. The van der Waals surface area contributed by atoms with Crippen LogP contribution in [-0.4, -0.2) is 30.2 Å². The lowest BCUT2D eigenvalue weighted by molar-refractivity contribution is 0.0939. The van der Waals surface area contributed by atoms with Crippen molar-refractivity contribution in [3.8, 4) is 0 Å². The van der Waals surface area contributed by atoms with E-state index in [4.69, 9.17) is 16.3 Å². The molecule has 0 spiro atoms. The molecular weight excluding hydrogens is 328 g/mol. The van der Waals surface area contributed by atoms with Crippen LogP contribution < -0.4 is 10.9 Å². The standard InChI is InChI=1S/C18H21ClN2O3/c1-13(10-14-4-3-5-16(19)11-14)20-18(23)15-6-7-17(22)21(12-15)8-9-24-2/h3-7,11-13H,8-10H2,1-2H3,(H,20,23)/t13-/m0/s1. The SMILES string of the molecule is COCCn1cc(C(=O)N[C@@H](C)Cc2cccc(Cl)c2)ccc1=O. The Balaban J connectivity index is 2.02. The summed E-state index contributed by atoms with van der Waals surface area (Å²) in [5, 5.41) is 3.62. The molecule has 2 aromatic rings. The number of pyridine rings is 1. The third-order valence-corrected chi connectivity index (χ3v) is 3.83. The van der Waals surface area contributed by atoms with Crippen molar-refractivity contribution in [2.24, 2.45) is 0 Å². The van der Waals surface area contributed by atoms with Gasteiger partial charge in [0.1, 0.15) is 0 Å². The summed E-state index contributed by atoms with van der Waals surface area (Å²) in [6.45, 7) is 2.75. The normalized spacial score (nSPS) is 12.0. The minimum absolute atomic E-state index is 0.0599. The first-order valence-electron chi connectivity index (χ1n) is 7.74. The van der Waals surface area contributed by atoms with Crippen molar-refractivity contribution >= 4 is 17.5 Å². The first kappa shape index (κ1) is 18.2. The monoisotopic (exact) mass is 348 g/mol. The number of nitrogens with zero attached hydrogens (tertiary/aromatic N) is 1. The zero-order valence-corrected chi connectivity index (χ0v) is 14.5. The summed E-state index contributed by atoms with van der Waals surface area (Å²) in [4.78, 5) is 24.1. The maximum absolute atomic E-state index is 12.4. The number of halogens is 1. The van der Waals surface area contributed by atoms with E-state index in [0.717, 1.165) is 5.56 Å². The van der Waals surface area contributed by atoms with Crippen LogP contribution in [0.3, 0.4) is 0 Å². The van der Waals surface area contributed by atoms with Crippen LogP contribution >= 0.6 is 11.6 Å². The number of carbonyl (C=O) groups excluding carboxylic acids is 1. The maximum atomic E-state index is 12.4. The fourth-order valence-corrected chi connectivity index (χ4v) is 2.62. The minimum Gasteiger partial charge on any atom is -0.383 e. The van der Waals surface area contributed by atoms with Gasteiger partial charge in [-0.2, -0.15) is 0 Å². The van der Waals surface area contributed by atoms with E-state index < -0.39 is 0 Å². The van der Waals surface area contributed by atoms with E-state index in [1.165, 1.54) is 16.7 Å². The molecule has 1 aromatic heterocycles. The van der Waals surface area contributed by atoms with Crippen molar-refractivity contribution in [1.29, 1.82) is 0 Å². The third-order valence-electron chi connectivity index (χ3n) is 3.59. The van der Waals surface area contributed by atoms with Crippen molar-refractivity contribution in [2.45, 2.75) is 25.9 Å². The molecule has 0 aliphatic rings. The number of rotatable bonds is 7. The highest BCUT2D eigenvalue weighted by Gasteiger charge is 2.12. The third kappa shape index (κ3) is 5.22. The van der Waals surface area contributed by atoms with Crippen LogP contribution in [-0.2, 0) is 17.7 Å². The van der Waals surface area contributed by atoms with Gasteiger partial charge in [-0.05, 0) is 37.1 Å². The summed E-state index contributed by atoms with van der Waals surface area (Å²) in [5.74, 6) is -0.212. The molecule has 0 unspecified atom stereocenters. The summed E-state index contributed by atoms with van der Waals surface area (Å²) in [6.07, 6.45) is 2.23. The Morgan fingerprint density at radius 2 is 2.12 bits per heavy atom. The van der Waals surface area contributed by atoms with Crippen molar-refractivity contribution in [3.63, 3.8) is 0 Å². The number of nitrogens with one attached hydrogen (secondary N) is 1. The molecule has 0 saturated carbocycles. The summed E-state index contributed by atoms with van der Waals surface area (Å²) >= 11 is 5.97. The molecule has 0 aliphatic carbocycles. The van der Waals surface area contributed by atoms with Gasteiger partial charge in [-0.25, -0.2) is 0 Å². The van der Waals surface area contributed by atoms with Gasteiger partial charge in [0, 0.05) is 37.0 Å². The Labute approximate surface area is 146 Å². The number of amides is 1. The van der Waals surface area contributed by atoms with Crippen molar-refractivity contribution in [2.75, 3.05) is 13.7 Å². The van der Waals surface area contributed by atoms with Gasteiger partial charge in [0.25, 0.3) is 11.5 Å². The van der Waals surface area contributed by atoms with E-state index in [1.807, 2.05) is 31.2 Å². The molecule has 1 N–H and O–H groups in total. The van der Waals surface area contributed by atoms with Gasteiger partial charge in [0.15, 0.2) is 0 Å². The fraction of sp³-hybridized carbons (Fsp3) is 0.333. The number of hydrogen-bond donors (Lipinski definition) is 1. The lowest BCUT2D eigenvalue weighted by Gasteiger charge is -2.15. The zero-order chi connectivity index (χ0) is 17.5. The predicted octanol–water partition coefficient (Wildman–Crippen LogP) is 2.51. The molecule has 0 aliphatic heterocycles. The van der Waals surface area contributed by atoms with Gasteiger partial charge in [-0.15, -0.1) is 0 Å². The summed E-state index contributed by atoms with van der Waals surface area (Å²) < 4.78 is 6.44. The Morgan fingerprint density at radius 3 is 2.83 bits per heavy atom. The Morgan fingerprint density at radius 1 is 1.33 bits per heavy atom. The highest BCUT2D eigenvalue weighted by Crippen LogP contribution is 2.12. The number of methoxy groups -OCH3 is 1. The van der Waals surface area contributed by atoms with Crippen molar-refractivity contribution < 1.29 is 9.53 Å². The molecule has 0 radical (unpaired) electrons. The van der Waals surface area contributed by atoms with Gasteiger partial charge in [0.05, 0.1) is 12.2 Å². The fourth-order valence-electron chi connectivity index (χ4n) is 2.41. The van der Waals surface area contributed by atoms with E-state index in [0.29, 0.717) is 30.2 Å². The van der Waals surface area contributed by atoms with Crippen LogP contribution in [0.2, 0.25) is 5.02 Å². The van der Waals surface area contributed by atoms with Crippen LogP contribution in [0.15, 0.2) is 47.4 Å². The number of ether oxygens (including phenoxy) is 1. The van der Waals surface area contributed by atoms with E-state index in [1.54, 1.807) is 13.3 Å². The number of benzene rings is 1. The molecule has 24 heavy (non-hydrogen) atoms. The van der Waals surface area contributed by atoms with Crippen LogP contribution in [0.5, 0.6) is 0 Å². The highest BCUT2D eigenvalue weighted by molar-refractivity contribution is 6.30. The molecule has 128 valence electrons. The second-order valence-corrected chi connectivity index (χ2v) is 6.09. The van der Waals surface area contributed by atoms with Crippen LogP contribution in [0.1, 0.15) is 22.8 Å². The lowest BCUT2D eigenvalue weighted by atomic mass is 10.1. The van der Waals surface area contributed by atoms with Gasteiger partial charge in [-0.3, -0.25) is 9.59 Å². The molecule has 5 nitrogen and oxygen atoms in total. The summed E-state index contributed by atoms with van der Waals surface area (Å²) in [7, 11) is 1.57. The van der Waals surface area contributed by atoms with E-state index in [2.05, 4.69) is 5.32 Å². The van der Waals surface area contributed by atoms with E-state index in [9.17, 15) is 9.59 Å². The second-order valence-electron chi connectivity index (χ2n) is 5.65. The summed E-state index contributed by atoms with van der Waals surface area (Å²) in [6, 6.07) is 10.4. The van der Waals surface area contributed by atoms with E-state index >= 15 is 0 Å². The van der Waals surface area contributed by atoms with Crippen molar-refractivity contribution in [3.05, 3.63) is 69.1 Å². The lowest BCUT2D eigenvalue weighted by Crippen LogP contribution is -2.35. The first-order valence-corrected chi connectivity index (χ1v) is 8.12. The van der Waals surface area contributed by atoms with Gasteiger partial charge >= 0.3 is 0 Å². The number of aromatic nitrogens is 1. The largest absolute Gasteiger partial charge is 0.383 e. The number of carbonyl (C=O) groups is 1. The summed E-state index contributed by atoms with van der Waals surface area (Å²) in [5.41, 5.74) is 1.35.